The summed E-state index contributed by atoms with van der Waals surface area (Å²) in [5.74, 6) is 2.03. The van der Waals surface area contributed by atoms with Crippen molar-refractivity contribution in [3.8, 4) is 22.9 Å². The summed E-state index contributed by atoms with van der Waals surface area (Å²) in [6, 6.07) is 13.3. The van der Waals surface area contributed by atoms with Crippen molar-refractivity contribution in [2.45, 2.75) is 33.4 Å². The predicted molar refractivity (Wildman–Crippen MR) is 109 cm³/mol. The molecular formula is C22H25N3O4. The average Bonchev–Trinajstić information content (AvgIpc) is 3.18. The van der Waals surface area contributed by atoms with E-state index in [1.165, 1.54) is 4.90 Å². The van der Waals surface area contributed by atoms with Crippen molar-refractivity contribution in [1.82, 2.24) is 15.0 Å². The number of rotatable bonds is 7. The maximum atomic E-state index is 12.7. The van der Waals surface area contributed by atoms with E-state index in [1.54, 1.807) is 21.1 Å². The molecule has 1 heterocycles. The first-order valence-corrected chi connectivity index (χ1v) is 9.33. The molecule has 29 heavy (non-hydrogen) atoms. The van der Waals surface area contributed by atoms with Gasteiger partial charge in [0.05, 0.1) is 13.7 Å². The van der Waals surface area contributed by atoms with E-state index in [-0.39, 0.29) is 12.5 Å². The highest BCUT2D eigenvalue weighted by molar-refractivity contribution is 5.80. The Kier molecular flexibility index (Phi) is 6.16. The fraction of sp³-hybridized carbons (Fsp3) is 0.318. The molecule has 0 radical (unpaired) electrons. The van der Waals surface area contributed by atoms with Crippen LogP contribution in [0.3, 0.4) is 0 Å². The Hall–Kier alpha value is -3.35. The molecule has 1 amide bonds. The third-order valence-corrected chi connectivity index (χ3v) is 4.54. The van der Waals surface area contributed by atoms with E-state index < -0.39 is 6.10 Å². The first kappa shape index (κ1) is 20.4. The van der Waals surface area contributed by atoms with Gasteiger partial charge in [-0.1, -0.05) is 29.4 Å². The van der Waals surface area contributed by atoms with E-state index in [0.717, 1.165) is 16.7 Å². The Morgan fingerprint density at radius 1 is 1.21 bits per heavy atom. The minimum absolute atomic E-state index is 0.174. The van der Waals surface area contributed by atoms with Crippen molar-refractivity contribution < 1.29 is 18.8 Å². The van der Waals surface area contributed by atoms with Gasteiger partial charge in [0.1, 0.15) is 11.5 Å². The van der Waals surface area contributed by atoms with E-state index >= 15 is 0 Å². The number of hydrogen-bond acceptors (Lipinski definition) is 6. The summed E-state index contributed by atoms with van der Waals surface area (Å²) >= 11 is 0. The van der Waals surface area contributed by atoms with Crippen molar-refractivity contribution in [2.24, 2.45) is 0 Å². The van der Waals surface area contributed by atoms with E-state index in [9.17, 15) is 4.79 Å². The molecule has 3 rings (SSSR count). The quantitative estimate of drug-likeness (QED) is 0.606. The third kappa shape index (κ3) is 4.93. The second-order valence-electron chi connectivity index (χ2n) is 6.97. The first-order valence-electron chi connectivity index (χ1n) is 9.33. The zero-order valence-electron chi connectivity index (χ0n) is 17.3. The van der Waals surface area contributed by atoms with Crippen LogP contribution in [0.25, 0.3) is 11.4 Å². The minimum atomic E-state index is -0.638. The predicted octanol–water partition coefficient (Wildman–Crippen LogP) is 3.79. The number of aromatic nitrogens is 2. The molecule has 0 saturated heterocycles. The number of methoxy groups -OCH3 is 1. The van der Waals surface area contributed by atoms with Crippen molar-refractivity contribution in [3.63, 3.8) is 0 Å². The number of amides is 1. The zero-order chi connectivity index (χ0) is 21.0. The topological polar surface area (TPSA) is 77.7 Å². The van der Waals surface area contributed by atoms with E-state index in [1.807, 2.05) is 56.3 Å². The highest BCUT2D eigenvalue weighted by Gasteiger charge is 2.22. The molecule has 2 aromatic carbocycles. The van der Waals surface area contributed by atoms with Crippen molar-refractivity contribution in [1.29, 1.82) is 0 Å². The molecule has 3 aromatic rings. The number of benzene rings is 2. The van der Waals surface area contributed by atoms with Crippen molar-refractivity contribution in [3.05, 3.63) is 59.5 Å². The Morgan fingerprint density at radius 3 is 2.76 bits per heavy atom. The van der Waals surface area contributed by atoms with Gasteiger partial charge >= 0.3 is 0 Å². The number of aryl methyl sites for hydroxylation is 2. The smallest absolute Gasteiger partial charge is 0.263 e. The Labute approximate surface area is 170 Å². The van der Waals surface area contributed by atoms with Crippen LogP contribution >= 0.6 is 0 Å². The number of hydrogen-bond donors (Lipinski definition) is 0. The summed E-state index contributed by atoms with van der Waals surface area (Å²) in [7, 11) is 3.28. The largest absolute Gasteiger partial charge is 0.497 e. The molecule has 0 aliphatic rings. The molecule has 1 atom stereocenters. The number of carbonyl (C=O) groups is 1. The number of nitrogens with zero attached hydrogens (tertiary/aromatic N) is 3. The molecule has 0 saturated carbocycles. The molecule has 152 valence electrons. The normalized spacial score (nSPS) is 11.8. The fourth-order valence-electron chi connectivity index (χ4n) is 2.86. The Balaban J connectivity index is 1.65. The van der Waals surface area contributed by atoms with Crippen LogP contribution in [0, 0.1) is 13.8 Å². The highest BCUT2D eigenvalue weighted by Crippen LogP contribution is 2.22. The lowest BCUT2D eigenvalue weighted by Crippen LogP contribution is -2.37. The molecule has 7 nitrogen and oxygen atoms in total. The van der Waals surface area contributed by atoms with Crippen LogP contribution in [0.2, 0.25) is 0 Å². The van der Waals surface area contributed by atoms with Gasteiger partial charge in [0, 0.05) is 12.6 Å². The molecule has 0 aliphatic heterocycles. The van der Waals surface area contributed by atoms with Crippen LogP contribution in [0.1, 0.15) is 23.9 Å². The molecule has 0 fully saturated rings. The molecule has 0 N–H and O–H groups in total. The van der Waals surface area contributed by atoms with Gasteiger partial charge in [0.25, 0.3) is 5.91 Å². The second-order valence-corrected chi connectivity index (χ2v) is 6.97. The van der Waals surface area contributed by atoms with Gasteiger partial charge in [0.2, 0.25) is 11.7 Å². The monoisotopic (exact) mass is 395 g/mol. The zero-order valence-corrected chi connectivity index (χ0v) is 17.3. The van der Waals surface area contributed by atoms with Gasteiger partial charge in [0.15, 0.2) is 6.10 Å². The van der Waals surface area contributed by atoms with E-state index in [2.05, 4.69) is 10.1 Å². The van der Waals surface area contributed by atoms with Crippen LogP contribution in [0.4, 0.5) is 0 Å². The lowest BCUT2D eigenvalue weighted by molar-refractivity contribution is -0.137. The molecule has 1 aromatic heterocycles. The number of ether oxygens (including phenoxy) is 2. The van der Waals surface area contributed by atoms with E-state index in [4.69, 9.17) is 14.0 Å². The number of likely N-dealkylation sites (N-methyl/N-ethyl adjacent to an activating group) is 1. The molecule has 0 unspecified atom stereocenters. The van der Waals surface area contributed by atoms with Gasteiger partial charge in [-0.25, -0.2) is 0 Å². The Bertz CT molecular complexity index is 999. The molecule has 0 spiro atoms. The van der Waals surface area contributed by atoms with Crippen LogP contribution < -0.4 is 9.47 Å². The molecule has 0 bridgehead atoms. The minimum Gasteiger partial charge on any atom is -0.497 e. The summed E-state index contributed by atoms with van der Waals surface area (Å²) in [5, 5.41) is 4.00. The Morgan fingerprint density at radius 2 is 2.00 bits per heavy atom. The van der Waals surface area contributed by atoms with Gasteiger partial charge in [-0.2, -0.15) is 4.98 Å². The first-order chi connectivity index (χ1) is 13.9. The highest BCUT2D eigenvalue weighted by atomic mass is 16.5. The van der Waals surface area contributed by atoms with Crippen LogP contribution in [0.15, 0.2) is 47.0 Å². The van der Waals surface area contributed by atoms with E-state index in [0.29, 0.717) is 23.2 Å². The maximum absolute atomic E-state index is 12.7. The summed E-state index contributed by atoms with van der Waals surface area (Å²) < 4.78 is 16.4. The second kappa shape index (κ2) is 8.77. The van der Waals surface area contributed by atoms with Crippen LogP contribution in [-0.2, 0) is 11.3 Å². The van der Waals surface area contributed by atoms with Gasteiger partial charge in [-0.15, -0.1) is 0 Å². The van der Waals surface area contributed by atoms with Gasteiger partial charge < -0.3 is 18.9 Å². The van der Waals surface area contributed by atoms with Gasteiger partial charge in [-0.05, 0) is 50.1 Å². The SMILES string of the molecule is COc1cccc(-c2noc(CN(C)C(=O)[C@H](C)Oc3cc(C)ccc3C)n2)c1. The van der Waals surface area contributed by atoms with Crippen molar-refractivity contribution >= 4 is 5.91 Å². The fourth-order valence-corrected chi connectivity index (χ4v) is 2.86. The summed E-state index contributed by atoms with van der Waals surface area (Å²) in [4.78, 5) is 18.6. The maximum Gasteiger partial charge on any atom is 0.263 e. The summed E-state index contributed by atoms with van der Waals surface area (Å²) in [5.41, 5.74) is 2.84. The standard InChI is InChI=1S/C22H25N3O4/c1-14-9-10-15(2)19(11-14)28-16(3)22(26)25(4)13-20-23-21(24-29-20)17-7-6-8-18(12-17)27-5/h6-12,16H,13H2,1-5H3/t16-/m0/s1. The molecule has 0 aliphatic carbocycles. The number of carbonyl (C=O) groups excluding carboxylic acids is 1. The summed E-state index contributed by atoms with van der Waals surface area (Å²) in [6.45, 7) is 5.86. The molecule has 7 heteroatoms. The third-order valence-electron chi connectivity index (χ3n) is 4.54. The average molecular weight is 395 g/mol. The lowest BCUT2D eigenvalue weighted by atomic mass is 10.1. The van der Waals surface area contributed by atoms with Crippen molar-refractivity contribution in [2.75, 3.05) is 14.2 Å². The molecular weight excluding hydrogens is 370 g/mol. The van der Waals surface area contributed by atoms with Gasteiger partial charge in [-0.3, -0.25) is 4.79 Å². The van der Waals surface area contributed by atoms with Crippen LogP contribution in [0.5, 0.6) is 11.5 Å². The lowest BCUT2D eigenvalue weighted by Gasteiger charge is -2.21. The van der Waals surface area contributed by atoms with Crippen LogP contribution in [-0.4, -0.2) is 41.2 Å². The summed E-state index contributed by atoms with van der Waals surface area (Å²) in [6.07, 6.45) is -0.638.